The van der Waals surface area contributed by atoms with E-state index in [2.05, 4.69) is 0 Å². The molecule has 0 fully saturated rings. The molecule has 0 saturated heterocycles. The van der Waals surface area contributed by atoms with Crippen molar-refractivity contribution >= 4 is 24.2 Å². The van der Waals surface area contributed by atoms with Gasteiger partial charge in [0.15, 0.2) is 0 Å². The molecule has 84 valence electrons. The molecule has 0 spiro atoms. The van der Waals surface area contributed by atoms with Crippen LogP contribution in [0.1, 0.15) is 0 Å². The molecular weight excluding hydrogens is 265 g/mol. The van der Waals surface area contributed by atoms with E-state index >= 15 is 0 Å². The number of nitrogen functional groups attached to an aromatic ring is 1. The number of rotatable bonds is 3. The molecule has 0 aliphatic rings. The molecule has 15 heavy (non-hydrogen) atoms. The fourth-order valence-corrected chi connectivity index (χ4v) is 2.66. The molecule has 0 unspecified atom stereocenters. The summed E-state index contributed by atoms with van der Waals surface area (Å²) in [4.78, 5) is 0. The van der Waals surface area contributed by atoms with Crippen LogP contribution in [-0.2, 0) is 3.74 Å². The van der Waals surface area contributed by atoms with Crippen molar-refractivity contribution in [3.8, 4) is 11.5 Å². The Morgan fingerprint density at radius 1 is 1.20 bits per heavy atom. The molecule has 0 saturated carbocycles. The van der Waals surface area contributed by atoms with Gasteiger partial charge < -0.3 is 0 Å². The summed E-state index contributed by atoms with van der Waals surface area (Å²) in [5.74, 6) is 0.288. The van der Waals surface area contributed by atoms with Gasteiger partial charge in [-0.15, -0.1) is 0 Å². The van der Waals surface area contributed by atoms with Gasteiger partial charge in [0.05, 0.1) is 0 Å². The van der Waals surface area contributed by atoms with Crippen LogP contribution >= 0.6 is 0 Å². The van der Waals surface area contributed by atoms with Gasteiger partial charge in [-0.1, -0.05) is 0 Å². The standard InChI is InChI=1S/C8H12AsNO5/c1-14-7-4-6(10)8(15-2)3-5(7)9(11,12)13/h3-4H,10H2,1-2H3,(H2,11,12,13). The molecular formula is C8H12AsNO5. The number of nitrogens with two attached hydrogens (primary N) is 1. The summed E-state index contributed by atoms with van der Waals surface area (Å²) in [6, 6.07) is 2.53. The van der Waals surface area contributed by atoms with Crippen molar-refractivity contribution < 1.29 is 21.4 Å². The van der Waals surface area contributed by atoms with Crippen molar-refractivity contribution in [2.45, 2.75) is 0 Å². The Labute approximate surface area is 89.6 Å². The van der Waals surface area contributed by atoms with Gasteiger partial charge in [0.1, 0.15) is 0 Å². The van der Waals surface area contributed by atoms with Crippen molar-refractivity contribution in [2.24, 2.45) is 0 Å². The van der Waals surface area contributed by atoms with Crippen LogP contribution in [0.15, 0.2) is 12.1 Å². The van der Waals surface area contributed by atoms with Gasteiger partial charge in [-0.25, -0.2) is 0 Å². The number of hydrogen-bond acceptors (Lipinski definition) is 4. The van der Waals surface area contributed by atoms with E-state index in [1.165, 1.54) is 26.4 Å². The predicted molar refractivity (Wildman–Crippen MR) is 54.5 cm³/mol. The predicted octanol–water partition coefficient (Wildman–Crippen LogP) is -1.15. The number of ether oxygens (including phenoxy) is 2. The Bertz CT molecular complexity index is 414. The van der Waals surface area contributed by atoms with Crippen molar-refractivity contribution in [3.63, 3.8) is 0 Å². The normalized spacial score (nSPS) is 11.2. The second-order valence-electron chi connectivity index (χ2n) is 2.81. The van der Waals surface area contributed by atoms with Crippen molar-refractivity contribution in [1.29, 1.82) is 0 Å². The third-order valence-electron chi connectivity index (χ3n) is 1.85. The Morgan fingerprint density at radius 2 is 1.73 bits per heavy atom. The maximum absolute atomic E-state index is 11.2. The van der Waals surface area contributed by atoms with E-state index in [1.54, 1.807) is 0 Å². The molecule has 0 bridgehead atoms. The van der Waals surface area contributed by atoms with Gasteiger partial charge in [0.25, 0.3) is 0 Å². The number of hydrogen-bond donors (Lipinski definition) is 3. The fraction of sp³-hybridized carbons (Fsp3) is 0.250. The quantitative estimate of drug-likeness (QED) is 0.476. The zero-order valence-electron chi connectivity index (χ0n) is 8.30. The second kappa shape index (κ2) is 4.18. The third kappa shape index (κ3) is 2.47. The van der Waals surface area contributed by atoms with E-state index < -0.39 is 14.2 Å². The first-order chi connectivity index (χ1) is 6.90. The van der Waals surface area contributed by atoms with E-state index in [1.807, 2.05) is 0 Å². The Morgan fingerprint density at radius 3 is 2.13 bits per heavy atom. The number of methoxy groups -OCH3 is 2. The maximum atomic E-state index is 11.2. The fourth-order valence-electron chi connectivity index (χ4n) is 1.13. The molecule has 0 amide bonds. The summed E-state index contributed by atoms with van der Waals surface area (Å²) in [5, 5.41) is 0. The van der Waals surface area contributed by atoms with Crippen molar-refractivity contribution in [1.82, 2.24) is 0 Å². The molecule has 0 atom stereocenters. The van der Waals surface area contributed by atoms with Crippen LogP contribution in [0.25, 0.3) is 0 Å². The molecule has 1 aromatic rings. The van der Waals surface area contributed by atoms with Crippen LogP contribution in [0, 0.1) is 0 Å². The zero-order valence-corrected chi connectivity index (χ0v) is 10.2. The minimum absolute atomic E-state index is 0.0702. The zero-order chi connectivity index (χ0) is 11.6. The Hall–Kier alpha value is -1.10. The van der Waals surface area contributed by atoms with Gasteiger partial charge in [-0.3, -0.25) is 0 Å². The first-order valence-electron chi connectivity index (χ1n) is 3.97. The summed E-state index contributed by atoms with van der Waals surface area (Å²) >= 11 is -5.02. The van der Waals surface area contributed by atoms with E-state index in [-0.39, 0.29) is 21.5 Å². The average Bonchev–Trinajstić information content (AvgIpc) is 2.15. The summed E-state index contributed by atoms with van der Waals surface area (Å²) in [5.41, 5.74) is 5.83. The minimum atomic E-state index is -5.02. The molecule has 0 aromatic heterocycles. The van der Waals surface area contributed by atoms with Gasteiger partial charge in [0.2, 0.25) is 0 Å². The van der Waals surface area contributed by atoms with E-state index in [4.69, 9.17) is 23.4 Å². The molecule has 0 radical (unpaired) electrons. The van der Waals surface area contributed by atoms with E-state index in [9.17, 15) is 3.74 Å². The summed E-state index contributed by atoms with van der Waals surface area (Å²) in [7, 11) is 2.69. The molecule has 0 aliphatic heterocycles. The van der Waals surface area contributed by atoms with Gasteiger partial charge in [0, 0.05) is 0 Å². The molecule has 0 heterocycles. The van der Waals surface area contributed by atoms with E-state index in [0.29, 0.717) is 0 Å². The van der Waals surface area contributed by atoms with Crippen LogP contribution in [0.3, 0.4) is 0 Å². The topological polar surface area (TPSA) is 102 Å². The van der Waals surface area contributed by atoms with Gasteiger partial charge in [-0.2, -0.15) is 0 Å². The first kappa shape index (κ1) is 12.0. The molecule has 4 N–H and O–H groups in total. The van der Waals surface area contributed by atoms with Crippen LogP contribution in [0.5, 0.6) is 11.5 Å². The molecule has 6 nitrogen and oxygen atoms in total. The molecule has 0 aliphatic carbocycles. The van der Waals surface area contributed by atoms with Crippen LogP contribution < -0.4 is 19.6 Å². The Kier molecular flexibility index (Phi) is 3.34. The average molecular weight is 277 g/mol. The van der Waals surface area contributed by atoms with Crippen LogP contribution in [0.2, 0.25) is 0 Å². The molecule has 7 heteroatoms. The summed E-state index contributed by atoms with van der Waals surface area (Å²) < 4.78 is 38.9. The number of anilines is 1. The third-order valence-corrected chi connectivity index (χ3v) is 3.90. The molecule has 1 aromatic carbocycles. The Balaban J connectivity index is 3.42. The summed E-state index contributed by atoms with van der Waals surface area (Å²) in [6.07, 6.45) is 0. The monoisotopic (exact) mass is 277 g/mol. The van der Waals surface area contributed by atoms with Crippen molar-refractivity contribution in [3.05, 3.63) is 12.1 Å². The van der Waals surface area contributed by atoms with Gasteiger partial charge in [-0.05, 0) is 0 Å². The van der Waals surface area contributed by atoms with Crippen LogP contribution in [-0.4, -0.2) is 36.6 Å². The van der Waals surface area contributed by atoms with Crippen molar-refractivity contribution in [2.75, 3.05) is 20.0 Å². The number of benzene rings is 1. The van der Waals surface area contributed by atoms with Crippen LogP contribution in [0.4, 0.5) is 5.69 Å². The SMILES string of the molecule is COc1cc([As](=O)(O)O)c(OC)cc1N. The first-order valence-corrected chi connectivity index (χ1v) is 7.36. The van der Waals surface area contributed by atoms with Gasteiger partial charge >= 0.3 is 89.2 Å². The second-order valence-corrected chi connectivity index (χ2v) is 6.10. The molecule has 1 rings (SSSR count). The summed E-state index contributed by atoms with van der Waals surface area (Å²) in [6.45, 7) is 0. The van der Waals surface area contributed by atoms with E-state index in [0.717, 1.165) is 0 Å².